The van der Waals surface area contributed by atoms with Crippen molar-refractivity contribution < 1.29 is 19.4 Å². The lowest BCUT2D eigenvalue weighted by molar-refractivity contribution is -0.393. The molecule has 2 aromatic rings. The van der Waals surface area contributed by atoms with Crippen molar-refractivity contribution in [2.45, 2.75) is 13.3 Å². The Balaban J connectivity index is 2.17. The number of nitro benzene ring substituents is 2. The molecule has 31 heavy (non-hydrogen) atoms. The van der Waals surface area contributed by atoms with Gasteiger partial charge in [0.25, 0.3) is 5.69 Å². The summed E-state index contributed by atoms with van der Waals surface area (Å²) >= 11 is 0. The maximum absolute atomic E-state index is 11.2. The Hall–Kier alpha value is -4.40. The molecular weight excluding hydrogens is 408 g/mol. The molecule has 0 saturated heterocycles. The molecule has 0 saturated carbocycles. The molecule has 0 amide bonds. The van der Waals surface area contributed by atoms with Crippen LogP contribution in [0.3, 0.4) is 0 Å². The molecule has 0 unspecified atom stereocenters. The highest BCUT2D eigenvalue weighted by Crippen LogP contribution is 2.32. The summed E-state index contributed by atoms with van der Waals surface area (Å²) < 4.78 is 4.94. The molecule has 0 radical (unpaired) electrons. The first kappa shape index (κ1) is 22.9. The van der Waals surface area contributed by atoms with Gasteiger partial charge in [0, 0.05) is 25.2 Å². The number of non-ortho nitro benzene ring substituents is 1. The molecule has 2 aromatic carbocycles. The number of hydrogen-bond acceptors (Lipinski definition) is 10. The number of carbonyl (C=O) groups excluding carboxylic acids is 1. The standard InChI is InChI=1S/C19H18N6O6/c1-14(26)31-12-11-23(10-2-9-20)16-5-3-15(4-6-16)21-22-18-8-7-17(24(27)28)13-19(18)25(29)30/h3-8,13H,2,10-12H2,1H3. The normalized spacial score (nSPS) is 10.5. The van der Waals surface area contributed by atoms with Crippen molar-refractivity contribution in [3.8, 4) is 6.07 Å². The summed E-state index contributed by atoms with van der Waals surface area (Å²) in [5.74, 6) is -0.392. The van der Waals surface area contributed by atoms with Crippen molar-refractivity contribution in [1.29, 1.82) is 5.26 Å². The second kappa shape index (κ2) is 11.0. The minimum Gasteiger partial charge on any atom is -0.464 e. The summed E-state index contributed by atoms with van der Waals surface area (Å²) in [6.45, 7) is 2.32. The Labute approximate surface area is 176 Å². The third-order valence-electron chi connectivity index (χ3n) is 4.01. The van der Waals surface area contributed by atoms with Crippen LogP contribution in [0.2, 0.25) is 0 Å². The minimum absolute atomic E-state index is 0.114. The van der Waals surface area contributed by atoms with Crippen molar-refractivity contribution in [2.24, 2.45) is 10.2 Å². The zero-order chi connectivity index (χ0) is 22.8. The lowest BCUT2D eigenvalue weighted by Gasteiger charge is -2.23. The molecule has 0 aliphatic heterocycles. The molecule has 0 aliphatic rings. The quantitative estimate of drug-likeness (QED) is 0.236. The predicted molar refractivity (Wildman–Crippen MR) is 109 cm³/mol. The van der Waals surface area contributed by atoms with Crippen LogP contribution in [0.5, 0.6) is 0 Å². The lowest BCUT2D eigenvalue weighted by atomic mass is 10.2. The topological polar surface area (TPSA) is 164 Å². The first-order valence-corrected chi connectivity index (χ1v) is 9.01. The summed E-state index contributed by atoms with van der Waals surface area (Å²) in [5.41, 5.74) is 0.111. The van der Waals surface area contributed by atoms with Crippen LogP contribution in [0, 0.1) is 31.6 Å². The van der Waals surface area contributed by atoms with E-state index < -0.39 is 27.2 Å². The van der Waals surface area contributed by atoms with Crippen molar-refractivity contribution in [1.82, 2.24) is 0 Å². The summed E-state index contributed by atoms with van der Waals surface area (Å²) in [6.07, 6.45) is 0.283. The number of azo groups is 1. The molecule has 160 valence electrons. The van der Waals surface area contributed by atoms with Gasteiger partial charge in [-0.25, -0.2) is 0 Å². The summed E-state index contributed by atoms with van der Waals surface area (Å²) in [4.78, 5) is 33.3. The zero-order valence-electron chi connectivity index (χ0n) is 16.5. The molecule has 0 atom stereocenters. The second-order valence-corrected chi connectivity index (χ2v) is 6.14. The number of nitrogens with zero attached hydrogens (tertiary/aromatic N) is 6. The van der Waals surface area contributed by atoms with Crippen LogP contribution in [-0.4, -0.2) is 35.5 Å². The number of hydrogen-bond donors (Lipinski definition) is 0. The summed E-state index contributed by atoms with van der Waals surface area (Å²) in [5, 5.41) is 38.6. The highest BCUT2D eigenvalue weighted by Gasteiger charge is 2.19. The van der Waals surface area contributed by atoms with E-state index in [0.29, 0.717) is 18.8 Å². The van der Waals surface area contributed by atoms with Crippen LogP contribution >= 0.6 is 0 Å². The molecule has 0 heterocycles. The molecule has 0 spiro atoms. The first-order chi connectivity index (χ1) is 14.8. The average molecular weight is 426 g/mol. The van der Waals surface area contributed by atoms with Gasteiger partial charge in [0.2, 0.25) is 0 Å². The van der Waals surface area contributed by atoms with Gasteiger partial charge >= 0.3 is 11.7 Å². The largest absolute Gasteiger partial charge is 0.464 e. The van der Waals surface area contributed by atoms with E-state index in [1.807, 2.05) is 4.90 Å². The van der Waals surface area contributed by atoms with Gasteiger partial charge in [-0.2, -0.15) is 10.4 Å². The van der Waals surface area contributed by atoms with E-state index in [4.69, 9.17) is 10.00 Å². The molecule has 12 heteroatoms. The van der Waals surface area contributed by atoms with Gasteiger partial charge in [-0.3, -0.25) is 25.0 Å². The molecule has 0 fully saturated rings. The molecule has 2 rings (SSSR count). The fraction of sp³-hybridized carbons (Fsp3) is 0.263. The number of rotatable bonds is 10. The van der Waals surface area contributed by atoms with Crippen molar-refractivity contribution in [2.75, 3.05) is 24.6 Å². The first-order valence-electron chi connectivity index (χ1n) is 9.01. The fourth-order valence-corrected chi connectivity index (χ4v) is 2.55. The zero-order valence-corrected chi connectivity index (χ0v) is 16.5. The number of nitro groups is 2. The van der Waals surface area contributed by atoms with Crippen molar-refractivity contribution in [3.05, 3.63) is 62.7 Å². The van der Waals surface area contributed by atoms with E-state index >= 15 is 0 Å². The smallest absolute Gasteiger partial charge is 0.303 e. The number of carbonyl (C=O) groups is 1. The summed E-state index contributed by atoms with van der Waals surface area (Å²) in [6, 6.07) is 11.9. The van der Waals surface area contributed by atoms with Crippen LogP contribution < -0.4 is 4.90 Å². The van der Waals surface area contributed by atoms with E-state index in [1.165, 1.54) is 6.92 Å². The van der Waals surface area contributed by atoms with E-state index in [0.717, 1.165) is 23.9 Å². The Morgan fingerprint density at radius 3 is 2.39 bits per heavy atom. The van der Waals surface area contributed by atoms with Gasteiger partial charge in [0.05, 0.1) is 40.6 Å². The number of esters is 1. The van der Waals surface area contributed by atoms with Crippen LogP contribution in [0.1, 0.15) is 13.3 Å². The highest BCUT2D eigenvalue weighted by atomic mass is 16.6. The Morgan fingerprint density at radius 2 is 1.81 bits per heavy atom. The third kappa shape index (κ3) is 6.86. The van der Waals surface area contributed by atoms with Crippen molar-refractivity contribution in [3.63, 3.8) is 0 Å². The molecule has 0 bridgehead atoms. The third-order valence-corrected chi connectivity index (χ3v) is 4.01. The number of anilines is 1. The number of ether oxygens (including phenoxy) is 1. The van der Waals surface area contributed by atoms with Crippen LogP contribution in [0.4, 0.5) is 28.4 Å². The van der Waals surface area contributed by atoms with Crippen LogP contribution in [0.15, 0.2) is 52.7 Å². The highest BCUT2D eigenvalue weighted by molar-refractivity contribution is 5.66. The molecule has 0 aliphatic carbocycles. The molecule has 0 N–H and O–H groups in total. The van der Waals surface area contributed by atoms with E-state index in [9.17, 15) is 25.0 Å². The average Bonchev–Trinajstić information content (AvgIpc) is 2.74. The van der Waals surface area contributed by atoms with E-state index in [-0.39, 0.29) is 18.7 Å². The maximum atomic E-state index is 11.2. The van der Waals surface area contributed by atoms with Crippen LogP contribution in [-0.2, 0) is 9.53 Å². The van der Waals surface area contributed by atoms with Crippen molar-refractivity contribution >= 4 is 34.4 Å². The number of nitriles is 1. The van der Waals surface area contributed by atoms with Gasteiger partial charge in [-0.1, -0.05) is 0 Å². The second-order valence-electron chi connectivity index (χ2n) is 6.14. The fourth-order valence-electron chi connectivity index (χ4n) is 2.55. The van der Waals surface area contributed by atoms with Crippen LogP contribution in [0.25, 0.3) is 0 Å². The van der Waals surface area contributed by atoms with Gasteiger partial charge in [0.15, 0.2) is 5.69 Å². The molecular formula is C19H18N6O6. The Kier molecular flexibility index (Phi) is 8.09. The minimum atomic E-state index is -0.763. The van der Waals surface area contributed by atoms with Gasteiger partial charge in [-0.15, -0.1) is 5.11 Å². The molecule has 12 nitrogen and oxygen atoms in total. The van der Waals surface area contributed by atoms with Gasteiger partial charge in [0.1, 0.15) is 6.61 Å². The lowest BCUT2D eigenvalue weighted by Crippen LogP contribution is -2.28. The monoisotopic (exact) mass is 426 g/mol. The Morgan fingerprint density at radius 1 is 1.10 bits per heavy atom. The number of benzene rings is 2. The summed E-state index contributed by atoms with van der Waals surface area (Å²) in [7, 11) is 0. The SMILES string of the molecule is CC(=O)OCCN(CCC#N)c1ccc(N=Nc2ccc([N+](=O)[O-])cc2[N+](=O)[O-])cc1. The van der Waals surface area contributed by atoms with Gasteiger partial charge in [-0.05, 0) is 30.3 Å². The predicted octanol–water partition coefficient (Wildman–Crippen LogP) is 4.20. The van der Waals surface area contributed by atoms with E-state index in [1.54, 1.807) is 24.3 Å². The maximum Gasteiger partial charge on any atom is 0.303 e. The molecule has 0 aromatic heterocycles. The Bertz CT molecular complexity index is 1030. The van der Waals surface area contributed by atoms with Gasteiger partial charge < -0.3 is 9.64 Å². The van der Waals surface area contributed by atoms with E-state index in [2.05, 4.69) is 16.3 Å².